The summed E-state index contributed by atoms with van der Waals surface area (Å²) in [5.74, 6) is 4.81. The van der Waals surface area contributed by atoms with Gasteiger partial charge in [-0.15, -0.1) is 0 Å². The summed E-state index contributed by atoms with van der Waals surface area (Å²) >= 11 is 0. The van der Waals surface area contributed by atoms with E-state index in [0.717, 1.165) is 5.56 Å². The van der Waals surface area contributed by atoms with E-state index < -0.39 is 0 Å². The Hall–Kier alpha value is -2.99. The van der Waals surface area contributed by atoms with Crippen LogP contribution in [0, 0.1) is 0 Å². The number of nitrogens with zero attached hydrogens (tertiary/aromatic N) is 2. The largest absolute Gasteiger partial charge is 0.294 e. The van der Waals surface area contributed by atoms with Gasteiger partial charge in [-0.2, -0.15) is 5.10 Å². The molecule has 23 heavy (non-hydrogen) atoms. The van der Waals surface area contributed by atoms with Gasteiger partial charge in [0.25, 0.3) is 5.56 Å². The van der Waals surface area contributed by atoms with Crippen LogP contribution in [0.1, 0.15) is 11.3 Å². The number of rotatable bonds is 4. The number of carbonyl (C=O) groups is 1. The van der Waals surface area contributed by atoms with Crippen molar-refractivity contribution in [1.82, 2.24) is 15.2 Å². The molecule has 0 spiro atoms. The molecule has 3 rings (SSSR count). The van der Waals surface area contributed by atoms with Crippen molar-refractivity contribution in [3.63, 3.8) is 0 Å². The second kappa shape index (κ2) is 6.41. The smallest absolute Gasteiger partial charge is 0.274 e. The van der Waals surface area contributed by atoms with Gasteiger partial charge in [0.05, 0.1) is 24.0 Å². The molecule has 1 heterocycles. The Morgan fingerprint density at radius 3 is 2.39 bits per heavy atom. The number of nitrogens with two attached hydrogens (primary N) is 1. The average molecular weight is 308 g/mol. The van der Waals surface area contributed by atoms with Crippen molar-refractivity contribution in [3.05, 3.63) is 76.2 Å². The second-order valence-corrected chi connectivity index (χ2v) is 5.18. The first kappa shape index (κ1) is 14.9. The highest BCUT2D eigenvalue weighted by Crippen LogP contribution is 2.14. The van der Waals surface area contributed by atoms with Crippen LogP contribution >= 0.6 is 0 Å². The summed E-state index contributed by atoms with van der Waals surface area (Å²) in [6, 6.07) is 16.7. The molecule has 3 aromatic rings. The summed E-state index contributed by atoms with van der Waals surface area (Å²) in [5.41, 5.74) is 3.41. The highest BCUT2D eigenvalue weighted by molar-refractivity contribution is 5.88. The van der Waals surface area contributed by atoms with Gasteiger partial charge >= 0.3 is 0 Å². The summed E-state index contributed by atoms with van der Waals surface area (Å²) in [4.78, 5) is 24.2. The van der Waals surface area contributed by atoms with Gasteiger partial charge in [0.1, 0.15) is 0 Å². The SMILES string of the molecule is NNC(=O)Cc1nn(Cc2ccccc2)c(=O)c2ccccc12. The number of carbonyl (C=O) groups excluding carboxylic acids is 1. The third kappa shape index (κ3) is 3.12. The standard InChI is InChI=1S/C17H16N4O2/c18-19-16(22)10-15-13-8-4-5-9-14(13)17(23)21(20-15)11-12-6-2-1-3-7-12/h1-9H,10-11,18H2,(H,19,22). The van der Waals surface area contributed by atoms with Crippen LogP contribution < -0.4 is 16.8 Å². The Bertz CT molecular complexity index is 903. The van der Waals surface area contributed by atoms with E-state index in [9.17, 15) is 9.59 Å². The van der Waals surface area contributed by atoms with Gasteiger partial charge < -0.3 is 0 Å². The van der Waals surface area contributed by atoms with E-state index in [0.29, 0.717) is 23.0 Å². The summed E-state index contributed by atoms with van der Waals surface area (Å²) in [7, 11) is 0. The fraction of sp³-hybridized carbons (Fsp3) is 0.118. The van der Waals surface area contributed by atoms with Crippen molar-refractivity contribution >= 4 is 16.7 Å². The first-order valence-corrected chi connectivity index (χ1v) is 7.21. The fourth-order valence-corrected chi connectivity index (χ4v) is 2.50. The van der Waals surface area contributed by atoms with Crippen molar-refractivity contribution in [2.45, 2.75) is 13.0 Å². The van der Waals surface area contributed by atoms with E-state index in [1.165, 1.54) is 4.68 Å². The molecule has 0 fully saturated rings. The molecule has 0 atom stereocenters. The lowest BCUT2D eigenvalue weighted by Gasteiger charge is -2.10. The molecule has 0 aliphatic rings. The van der Waals surface area contributed by atoms with E-state index in [1.54, 1.807) is 18.2 Å². The predicted octanol–water partition coefficient (Wildman–Crippen LogP) is 0.977. The zero-order valence-electron chi connectivity index (χ0n) is 12.4. The van der Waals surface area contributed by atoms with Crippen LogP contribution in [0.4, 0.5) is 0 Å². The van der Waals surface area contributed by atoms with Crippen LogP contribution in [0.3, 0.4) is 0 Å². The van der Waals surface area contributed by atoms with Crippen molar-refractivity contribution in [1.29, 1.82) is 0 Å². The molecule has 0 aliphatic heterocycles. The third-order valence-corrected chi connectivity index (χ3v) is 3.61. The molecule has 1 aromatic heterocycles. The molecule has 0 bridgehead atoms. The molecule has 0 saturated carbocycles. The minimum absolute atomic E-state index is 0.0199. The van der Waals surface area contributed by atoms with Crippen molar-refractivity contribution < 1.29 is 4.79 Å². The van der Waals surface area contributed by atoms with Crippen LogP contribution in [0.5, 0.6) is 0 Å². The molecule has 0 saturated heterocycles. The molecule has 1 amide bonds. The summed E-state index contributed by atoms with van der Waals surface area (Å²) in [6.45, 7) is 0.349. The highest BCUT2D eigenvalue weighted by atomic mass is 16.2. The molecule has 0 unspecified atom stereocenters. The normalized spacial score (nSPS) is 10.7. The molecule has 0 radical (unpaired) electrons. The van der Waals surface area contributed by atoms with Gasteiger partial charge in [-0.25, -0.2) is 10.5 Å². The lowest BCUT2D eigenvalue weighted by Crippen LogP contribution is -2.33. The Balaban J connectivity index is 2.12. The Labute approximate surface area is 132 Å². The minimum Gasteiger partial charge on any atom is -0.294 e. The Morgan fingerprint density at radius 2 is 1.70 bits per heavy atom. The monoisotopic (exact) mass is 308 g/mol. The van der Waals surface area contributed by atoms with E-state index in [-0.39, 0.29) is 17.9 Å². The summed E-state index contributed by atoms with van der Waals surface area (Å²) < 4.78 is 1.39. The van der Waals surface area contributed by atoms with E-state index >= 15 is 0 Å². The zero-order chi connectivity index (χ0) is 16.2. The minimum atomic E-state index is -0.354. The molecule has 6 nitrogen and oxygen atoms in total. The molecule has 2 aromatic carbocycles. The molecule has 3 N–H and O–H groups in total. The number of amides is 1. The number of fused-ring (bicyclic) bond motifs is 1. The predicted molar refractivity (Wildman–Crippen MR) is 87.6 cm³/mol. The maximum atomic E-state index is 12.6. The van der Waals surface area contributed by atoms with Gasteiger partial charge in [0, 0.05) is 5.39 Å². The zero-order valence-corrected chi connectivity index (χ0v) is 12.4. The summed E-state index contributed by atoms with van der Waals surface area (Å²) in [6.07, 6.45) is 0.0199. The number of hydrogen-bond acceptors (Lipinski definition) is 4. The second-order valence-electron chi connectivity index (χ2n) is 5.18. The van der Waals surface area contributed by atoms with Crippen LogP contribution in [0.25, 0.3) is 10.8 Å². The molecular weight excluding hydrogens is 292 g/mol. The number of hydrogen-bond donors (Lipinski definition) is 2. The first-order valence-electron chi connectivity index (χ1n) is 7.21. The van der Waals surface area contributed by atoms with E-state index in [4.69, 9.17) is 5.84 Å². The van der Waals surface area contributed by atoms with Crippen molar-refractivity contribution in [3.8, 4) is 0 Å². The average Bonchev–Trinajstić information content (AvgIpc) is 2.60. The van der Waals surface area contributed by atoms with E-state index in [1.807, 2.05) is 36.4 Å². The van der Waals surface area contributed by atoms with Crippen LogP contribution in [0.2, 0.25) is 0 Å². The lowest BCUT2D eigenvalue weighted by atomic mass is 10.1. The Morgan fingerprint density at radius 1 is 1.04 bits per heavy atom. The lowest BCUT2D eigenvalue weighted by molar-refractivity contribution is -0.120. The molecule has 6 heteroatoms. The number of hydrazine groups is 1. The van der Waals surface area contributed by atoms with Crippen molar-refractivity contribution in [2.24, 2.45) is 5.84 Å². The first-order chi connectivity index (χ1) is 11.2. The quantitative estimate of drug-likeness (QED) is 0.427. The van der Waals surface area contributed by atoms with Crippen molar-refractivity contribution in [2.75, 3.05) is 0 Å². The maximum Gasteiger partial charge on any atom is 0.274 e. The molecule has 0 aliphatic carbocycles. The van der Waals surface area contributed by atoms with Gasteiger partial charge in [-0.3, -0.25) is 15.0 Å². The van der Waals surface area contributed by atoms with Gasteiger partial charge in [0.15, 0.2) is 0 Å². The topological polar surface area (TPSA) is 90.0 Å². The van der Waals surface area contributed by atoms with Crippen LogP contribution in [0.15, 0.2) is 59.4 Å². The number of aromatic nitrogens is 2. The summed E-state index contributed by atoms with van der Waals surface area (Å²) in [5, 5.41) is 5.58. The molecular formula is C17H16N4O2. The third-order valence-electron chi connectivity index (χ3n) is 3.61. The van der Waals surface area contributed by atoms with Gasteiger partial charge in [-0.05, 0) is 11.6 Å². The van der Waals surface area contributed by atoms with E-state index in [2.05, 4.69) is 10.5 Å². The van der Waals surface area contributed by atoms with Crippen LogP contribution in [-0.2, 0) is 17.8 Å². The molecule has 116 valence electrons. The number of benzene rings is 2. The van der Waals surface area contributed by atoms with Crippen LogP contribution in [-0.4, -0.2) is 15.7 Å². The maximum absolute atomic E-state index is 12.6. The van der Waals surface area contributed by atoms with Gasteiger partial charge in [-0.1, -0.05) is 48.5 Å². The number of nitrogens with one attached hydrogen (secondary N) is 1. The Kier molecular flexibility index (Phi) is 4.16. The van der Waals surface area contributed by atoms with Gasteiger partial charge in [0.2, 0.25) is 5.91 Å². The fourth-order valence-electron chi connectivity index (χ4n) is 2.50. The highest BCUT2D eigenvalue weighted by Gasteiger charge is 2.13.